The fourth-order valence-electron chi connectivity index (χ4n) is 5.26. The molecule has 0 radical (unpaired) electrons. The van der Waals surface area contributed by atoms with E-state index in [-0.39, 0.29) is 0 Å². The molecule has 22 heavy (non-hydrogen) atoms. The summed E-state index contributed by atoms with van der Waals surface area (Å²) in [5, 5.41) is 7.20. The molecule has 2 saturated carbocycles. The van der Waals surface area contributed by atoms with Crippen LogP contribution in [-0.4, -0.2) is 51.0 Å². The average molecular weight is 307 g/mol. The van der Waals surface area contributed by atoms with Crippen molar-refractivity contribution in [2.24, 2.45) is 16.3 Å². The van der Waals surface area contributed by atoms with Crippen molar-refractivity contribution in [1.29, 1.82) is 0 Å². The summed E-state index contributed by atoms with van der Waals surface area (Å²) in [6.45, 7) is 2.71. The number of hydrogen-bond donors (Lipinski definition) is 2. The Hall–Kier alpha value is -0.810. The van der Waals surface area contributed by atoms with E-state index in [0.717, 1.165) is 32.1 Å². The summed E-state index contributed by atoms with van der Waals surface area (Å²) in [7, 11) is 1.87. The molecule has 0 aromatic rings. The normalized spacial score (nSPS) is 39.8. The number of ether oxygens (including phenoxy) is 2. The molecule has 2 N–H and O–H groups in total. The van der Waals surface area contributed by atoms with E-state index >= 15 is 0 Å². The Balaban J connectivity index is 1.38. The molecule has 2 aliphatic heterocycles. The zero-order valence-corrected chi connectivity index (χ0v) is 13.6. The molecular weight excluding hydrogens is 278 g/mol. The molecule has 5 nitrogen and oxygen atoms in total. The maximum Gasteiger partial charge on any atom is 0.191 e. The third-order valence-corrected chi connectivity index (χ3v) is 6.32. The van der Waals surface area contributed by atoms with E-state index in [1.165, 1.54) is 38.5 Å². The van der Waals surface area contributed by atoms with Crippen LogP contribution in [-0.2, 0) is 9.47 Å². The monoisotopic (exact) mass is 307 g/mol. The van der Waals surface area contributed by atoms with Crippen molar-refractivity contribution in [2.75, 3.05) is 26.8 Å². The van der Waals surface area contributed by atoms with Crippen LogP contribution in [0, 0.1) is 11.3 Å². The van der Waals surface area contributed by atoms with Crippen LogP contribution in [0.5, 0.6) is 0 Å². The molecule has 2 aliphatic carbocycles. The van der Waals surface area contributed by atoms with Gasteiger partial charge >= 0.3 is 0 Å². The third-order valence-electron chi connectivity index (χ3n) is 6.32. The summed E-state index contributed by atoms with van der Waals surface area (Å²) in [4.78, 5) is 4.44. The smallest absolute Gasteiger partial charge is 0.191 e. The second-order valence-electron chi connectivity index (χ2n) is 7.39. The van der Waals surface area contributed by atoms with Gasteiger partial charge in [0.15, 0.2) is 5.96 Å². The van der Waals surface area contributed by atoms with Crippen molar-refractivity contribution in [1.82, 2.24) is 10.6 Å². The number of hydrogen-bond acceptors (Lipinski definition) is 3. The SMILES string of the molecule is CN=C(NCC1CCCO1)NC1C2CCOC2C12CCCC2. The zero-order chi connectivity index (χ0) is 15.0. The highest BCUT2D eigenvalue weighted by atomic mass is 16.5. The lowest BCUT2D eigenvalue weighted by Crippen LogP contribution is -2.69. The minimum atomic E-state index is 0.350. The van der Waals surface area contributed by atoms with Crippen molar-refractivity contribution in [3.05, 3.63) is 0 Å². The van der Waals surface area contributed by atoms with Gasteiger partial charge in [-0.3, -0.25) is 4.99 Å². The number of guanidine groups is 1. The average Bonchev–Trinajstić information content (AvgIpc) is 3.27. The van der Waals surface area contributed by atoms with Crippen molar-refractivity contribution in [3.8, 4) is 0 Å². The molecule has 4 unspecified atom stereocenters. The molecule has 4 rings (SSSR count). The number of fused-ring (bicyclic) bond motifs is 2. The van der Waals surface area contributed by atoms with E-state index in [9.17, 15) is 0 Å². The van der Waals surface area contributed by atoms with Crippen molar-refractivity contribution in [2.45, 2.75) is 63.2 Å². The van der Waals surface area contributed by atoms with Crippen LogP contribution in [0.4, 0.5) is 0 Å². The number of nitrogens with one attached hydrogen (secondary N) is 2. The van der Waals surface area contributed by atoms with Crippen molar-refractivity contribution >= 4 is 5.96 Å². The molecule has 0 aromatic heterocycles. The maximum atomic E-state index is 6.06. The first-order valence-corrected chi connectivity index (χ1v) is 9.04. The summed E-state index contributed by atoms with van der Waals surface area (Å²) < 4.78 is 11.7. The highest BCUT2D eigenvalue weighted by Gasteiger charge is 2.65. The lowest BCUT2D eigenvalue weighted by atomic mass is 9.54. The van der Waals surface area contributed by atoms with Gasteiger partial charge in [-0.05, 0) is 32.1 Å². The lowest BCUT2D eigenvalue weighted by molar-refractivity contribution is -0.125. The standard InChI is InChI=1S/C17H29N3O2/c1-18-16(19-11-12-5-4-9-21-12)20-14-13-6-10-22-15(13)17(14)7-2-3-8-17/h12-15H,2-11H2,1H3,(H2,18,19,20). The number of rotatable bonds is 3. The van der Waals surface area contributed by atoms with Crippen LogP contribution in [0.15, 0.2) is 4.99 Å². The predicted molar refractivity (Wildman–Crippen MR) is 86.0 cm³/mol. The molecule has 5 heteroatoms. The molecule has 4 fully saturated rings. The molecule has 1 spiro atoms. The highest BCUT2D eigenvalue weighted by Crippen LogP contribution is 2.60. The molecule has 2 heterocycles. The fraction of sp³-hybridized carbons (Fsp3) is 0.941. The largest absolute Gasteiger partial charge is 0.377 e. The van der Waals surface area contributed by atoms with Gasteiger partial charge in [0.05, 0.1) is 12.2 Å². The summed E-state index contributed by atoms with van der Waals surface area (Å²) in [5.41, 5.74) is 0.378. The molecule has 0 amide bonds. The van der Waals surface area contributed by atoms with Crippen LogP contribution in [0.1, 0.15) is 44.9 Å². The van der Waals surface area contributed by atoms with E-state index in [1.807, 2.05) is 7.05 Å². The molecular formula is C17H29N3O2. The second kappa shape index (κ2) is 6.00. The molecule has 2 saturated heterocycles. The van der Waals surface area contributed by atoms with Gasteiger partial charge < -0.3 is 20.1 Å². The quantitative estimate of drug-likeness (QED) is 0.615. The second-order valence-corrected chi connectivity index (χ2v) is 7.39. The van der Waals surface area contributed by atoms with Crippen LogP contribution >= 0.6 is 0 Å². The summed E-state index contributed by atoms with van der Waals surface area (Å²) in [5.74, 6) is 1.62. The van der Waals surface area contributed by atoms with E-state index in [1.54, 1.807) is 0 Å². The Labute approximate surface area is 133 Å². The molecule has 124 valence electrons. The van der Waals surface area contributed by atoms with Crippen LogP contribution in [0.3, 0.4) is 0 Å². The van der Waals surface area contributed by atoms with Gasteiger partial charge in [-0.2, -0.15) is 0 Å². The molecule has 0 aromatic carbocycles. The third kappa shape index (κ3) is 2.33. The number of aliphatic imine (C=N–C) groups is 1. The lowest BCUT2D eigenvalue weighted by Gasteiger charge is -2.57. The van der Waals surface area contributed by atoms with E-state index in [2.05, 4.69) is 15.6 Å². The van der Waals surface area contributed by atoms with E-state index < -0.39 is 0 Å². The molecule has 4 atom stereocenters. The maximum absolute atomic E-state index is 6.06. The van der Waals surface area contributed by atoms with Gasteiger partial charge in [-0.15, -0.1) is 0 Å². The first kappa shape index (κ1) is 14.8. The van der Waals surface area contributed by atoms with Gasteiger partial charge in [0.1, 0.15) is 0 Å². The first-order valence-electron chi connectivity index (χ1n) is 9.04. The van der Waals surface area contributed by atoms with Gasteiger partial charge in [-0.1, -0.05) is 12.8 Å². The van der Waals surface area contributed by atoms with Gasteiger partial charge in [0.2, 0.25) is 0 Å². The summed E-state index contributed by atoms with van der Waals surface area (Å²) in [6, 6.07) is 0.540. The Bertz CT molecular complexity index is 428. The van der Waals surface area contributed by atoms with Gasteiger partial charge in [0, 0.05) is 44.2 Å². The van der Waals surface area contributed by atoms with E-state index in [0.29, 0.717) is 29.6 Å². The Morgan fingerprint density at radius 1 is 1.14 bits per heavy atom. The molecule has 0 bridgehead atoms. The van der Waals surface area contributed by atoms with Crippen LogP contribution in [0.25, 0.3) is 0 Å². The Morgan fingerprint density at radius 2 is 2.00 bits per heavy atom. The fourth-order valence-corrected chi connectivity index (χ4v) is 5.26. The van der Waals surface area contributed by atoms with Gasteiger partial charge in [-0.25, -0.2) is 0 Å². The zero-order valence-electron chi connectivity index (χ0n) is 13.6. The number of nitrogens with zero attached hydrogens (tertiary/aromatic N) is 1. The molecule has 4 aliphatic rings. The predicted octanol–water partition coefficient (Wildman–Crippen LogP) is 1.68. The minimum Gasteiger partial charge on any atom is -0.377 e. The Morgan fingerprint density at radius 3 is 2.73 bits per heavy atom. The Kier molecular flexibility index (Phi) is 4.03. The first-order chi connectivity index (χ1) is 10.8. The van der Waals surface area contributed by atoms with Crippen LogP contribution < -0.4 is 10.6 Å². The van der Waals surface area contributed by atoms with Gasteiger partial charge in [0.25, 0.3) is 0 Å². The minimum absolute atomic E-state index is 0.350. The summed E-state index contributed by atoms with van der Waals surface area (Å²) in [6.07, 6.45) is 9.74. The van der Waals surface area contributed by atoms with Crippen LogP contribution in [0.2, 0.25) is 0 Å². The van der Waals surface area contributed by atoms with Crippen molar-refractivity contribution < 1.29 is 9.47 Å². The van der Waals surface area contributed by atoms with Crippen molar-refractivity contribution in [3.63, 3.8) is 0 Å². The summed E-state index contributed by atoms with van der Waals surface area (Å²) >= 11 is 0. The highest BCUT2D eigenvalue weighted by molar-refractivity contribution is 5.80. The topological polar surface area (TPSA) is 54.9 Å². The van der Waals surface area contributed by atoms with E-state index in [4.69, 9.17) is 9.47 Å².